The summed E-state index contributed by atoms with van der Waals surface area (Å²) >= 11 is 7.62. The fourth-order valence-corrected chi connectivity index (χ4v) is 3.30. The van der Waals surface area contributed by atoms with Crippen LogP contribution in [-0.4, -0.2) is 13.2 Å². The van der Waals surface area contributed by atoms with Gasteiger partial charge in [-0.15, -0.1) is 11.3 Å². The third kappa shape index (κ3) is 2.43. The molecule has 2 N–H and O–H groups in total. The number of thiophene rings is 1. The highest BCUT2D eigenvalue weighted by Gasteiger charge is 2.17. The van der Waals surface area contributed by atoms with Crippen LogP contribution in [0.5, 0.6) is 11.5 Å². The summed E-state index contributed by atoms with van der Waals surface area (Å²) < 4.78 is 11.9. The lowest BCUT2D eigenvalue weighted by Crippen LogP contribution is -2.16. The van der Waals surface area contributed by atoms with Gasteiger partial charge in [0, 0.05) is 4.88 Å². The first-order valence-corrected chi connectivity index (χ1v) is 7.25. The van der Waals surface area contributed by atoms with Gasteiger partial charge in [0.2, 0.25) is 0 Å². The number of hydrogen-bond acceptors (Lipinski definition) is 4. The van der Waals surface area contributed by atoms with Crippen LogP contribution in [0.25, 0.3) is 0 Å². The minimum atomic E-state index is -0.188. The Bertz CT molecular complexity index is 592. The van der Waals surface area contributed by atoms with Gasteiger partial charge in [-0.25, -0.2) is 0 Å². The summed E-state index contributed by atoms with van der Waals surface area (Å²) in [6, 6.07) is 7.68. The van der Waals surface area contributed by atoms with E-state index in [9.17, 15) is 0 Å². The quantitative estimate of drug-likeness (QED) is 0.922. The fourth-order valence-electron chi connectivity index (χ4n) is 2.05. The summed E-state index contributed by atoms with van der Waals surface area (Å²) in [6.45, 7) is 3.16. The maximum Gasteiger partial charge on any atom is 0.161 e. The standard InChI is InChI=1S/C14H14ClNO2S/c1-8-6-12(19-14(8)15)13(16)9-2-3-10-11(7-9)18-5-4-17-10/h2-3,6-7,13H,4-5,16H2,1H3. The van der Waals surface area contributed by atoms with Crippen LogP contribution in [0.1, 0.15) is 22.0 Å². The van der Waals surface area contributed by atoms with Crippen LogP contribution in [0, 0.1) is 6.92 Å². The van der Waals surface area contributed by atoms with Gasteiger partial charge in [0.15, 0.2) is 11.5 Å². The van der Waals surface area contributed by atoms with Gasteiger partial charge in [-0.05, 0) is 36.2 Å². The van der Waals surface area contributed by atoms with Crippen LogP contribution in [0.3, 0.4) is 0 Å². The Hall–Kier alpha value is -1.23. The van der Waals surface area contributed by atoms with E-state index in [0.717, 1.165) is 31.8 Å². The van der Waals surface area contributed by atoms with Crippen molar-refractivity contribution in [3.63, 3.8) is 0 Å². The van der Waals surface area contributed by atoms with Crippen molar-refractivity contribution in [2.24, 2.45) is 5.73 Å². The molecule has 0 saturated heterocycles. The summed E-state index contributed by atoms with van der Waals surface area (Å²) in [7, 11) is 0. The minimum absolute atomic E-state index is 0.188. The molecule has 0 fully saturated rings. The van der Waals surface area contributed by atoms with Crippen LogP contribution < -0.4 is 15.2 Å². The largest absolute Gasteiger partial charge is 0.486 e. The molecule has 0 aliphatic carbocycles. The second-order valence-electron chi connectivity index (χ2n) is 4.49. The molecule has 3 rings (SSSR count). The molecule has 3 nitrogen and oxygen atoms in total. The predicted octanol–water partition coefficient (Wildman–Crippen LogP) is 3.53. The maximum atomic E-state index is 6.29. The summed E-state index contributed by atoms with van der Waals surface area (Å²) in [5, 5.41) is 0. The average molecular weight is 296 g/mol. The van der Waals surface area contributed by atoms with E-state index in [1.165, 1.54) is 11.3 Å². The highest BCUT2D eigenvalue weighted by molar-refractivity contribution is 7.16. The third-order valence-electron chi connectivity index (χ3n) is 3.11. The average Bonchev–Trinajstić information content (AvgIpc) is 2.77. The normalized spacial score (nSPS) is 15.3. The van der Waals surface area contributed by atoms with E-state index in [1.807, 2.05) is 31.2 Å². The fraction of sp³-hybridized carbons (Fsp3) is 0.286. The van der Waals surface area contributed by atoms with E-state index in [2.05, 4.69) is 0 Å². The Kier molecular flexibility index (Phi) is 3.39. The molecule has 2 aromatic rings. The molecule has 1 unspecified atom stereocenters. The second kappa shape index (κ2) is 5.04. The van der Waals surface area contributed by atoms with E-state index in [1.54, 1.807) is 0 Å². The first-order valence-electron chi connectivity index (χ1n) is 6.06. The molecule has 1 atom stereocenters. The zero-order valence-corrected chi connectivity index (χ0v) is 12.1. The van der Waals surface area contributed by atoms with E-state index in [0.29, 0.717) is 13.2 Å². The monoisotopic (exact) mass is 295 g/mol. The zero-order chi connectivity index (χ0) is 13.4. The SMILES string of the molecule is Cc1cc(C(N)c2ccc3c(c2)OCCO3)sc1Cl. The van der Waals surface area contributed by atoms with Crippen LogP contribution in [0.15, 0.2) is 24.3 Å². The molecule has 1 aliphatic heterocycles. The molecule has 0 saturated carbocycles. The van der Waals surface area contributed by atoms with Gasteiger partial charge in [-0.1, -0.05) is 17.7 Å². The number of hydrogen-bond donors (Lipinski definition) is 1. The van der Waals surface area contributed by atoms with E-state index in [-0.39, 0.29) is 6.04 Å². The van der Waals surface area contributed by atoms with Crippen molar-refractivity contribution in [2.75, 3.05) is 13.2 Å². The molecule has 1 aromatic heterocycles. The molecule has 19 heavy (non-hydrogen) atoms. The topological polar surface area (TPSA) is 44.5 Å². The van der Waals surface area contributed by atoms with Gasteiger partial charge in [0.1, 0.15) is 13.2 Å². The summed E-state index contributed by atoms with van der Waals surface area (Å²) in [5.41, 5.74) is 8.35. The predicted molar refractivity (Wildman–Crippen MR) is 77.5 cm³/mol. The minimum Gasteiger partial charge on any atom is -0.486 e. The highest BCUT2D eigenvalue weighted by Crippen LogP contribution is 2.36. The Balaban J connectivity index is 1.93. The number of benzene rings is 1. The van der Waals surface area contributed by atoms with Gasteiger partial charge in [0.05, 0.1) is 10.4 Å². The van der Waals surface area contributed by atoms with Crippen molar-refractivity contribution in [2.45, 2.75) is 13.0 Å². The molecule has 100 valence electrons. The lowest BCUT2D eigenvalue weighted by Gasteiger charge is -2.20. The lowest BCUT2D eigenvalue weighted by molar-refractivity contribution is 0.171. The summed E-state index contributed by atoms with van der Waals surface area (Å²) in [4.78, 5) is 1.05. The molecule has 2 heterocycles. The number of nitrogens with two attached hydrogens (primary N) is 1. The maximum absolute atomic E-state index is 6.29. The van der Waals surface area contributed by atoms with Crippen molar-refractivity contribution in [1.29, 1.82) is 0 Å². The number of rotatable bonds is 2. The van der Waals surface area contributed by atoms with E-state index >= 15 is 0 Å². The molecule has 0 bridgehead atoms. The van der Waals surface area contributed by atoms with Gasteiger partial charge < -0.3 is 15.2 Å². The van der Waals surface area contributed by atoms with E-state index < -0.39 is 0 Å². The first kappa shape index (κ1) is 12.8. The van der Waals surface area contributed by atoms with Crippen LogP contribution in [0.2, 0.25) is 4.34 Å². The Labute approximate surface area is 120 Å². The third-order valence-corrected chi connectivity index (χ3v) is 4.75. The van der Waals surface area contributed by atoms with Gasteiger partial charge in [0.25, 0.3) is 0 Å². The van der Waals surface area contributed by atoms with E-state index in [4.69, 9.17) is 26.8 Å². The Morgan fingerprint density at radius 3 is 2.63 bits per heavy atom. The van der Waals surface area contributed by atoms with Crippen molar-refractivity contribution < 1.29 is 9.47 Å². The molecular weight excluding hydrogens is 282 g/mol. The number of aryl methyl sites for hydroxylation is 1. The van der Waals surface area contributed by atoms with Gasteiger partial charge in [-0.2, -0.15) is 0 Å². The van der Waals surface area contributed by atoms with Gasteiger partial charge >= 0.3 is 0 Å². The molecule has 0 amide bonds. The summed E-state index contributed by atoms with van der Waals surface area (Å²) in [6.07, 6.45) is 0. The highest BCUT2D eigenvalue weighted by atomic mass is 35.5. The molecular formula is C14H14ClNO2S. The van der Waals surface area contributed by atoms with Gasteiger partial charge in [-0.3, -0.25) is 0 Å². The zero-order valence-electron chi connectivity index (χ0n) is 10.5. The van der Waals surface area contributed by atoms with Crippen molar-refractivity contribution in [1.82, 2.24) is 0 Å². The van der Waals surface area contributed by atoms with Crippen LogP contribution >= 0.6 is 22.9 Å². The van der Waals surface area contributed by atoms with Crippen molar-refractivity contribution >= 4 is 22.9 Å². The Morgan fingerprint density at radius 2 is 1.95 bits per heavy atom. The number of fused-ring (bicyclic) bond motifs is 1. The van der Waals surface area contributed by atoms with Crippen LogP contribution in [0.4, 0.5) is 0 Å². The molecule has 0 radical (unpaired) electrons. The molecule has 5 heteroatoms. The second-order valence-corrected chi connectivity index (χ2v) is 6.17. The number of halogens is 1. The smallest absolute Gasteiger partial charge is 0.161 e. The van der Waals surface area contributed by atoms with Crippen molar-refractivity contribution in [3.8, 4) is 11.5 Å². The lowest BCUT2D eigenvalue weighted by atomic mass is 10.0. The molecule has 1 aromatic carbocycles. The Morgan fingerprint density at radius 1 is 1.21 bits per heavy atom. The first-order chi connectivity index (χ1) is 9.15. The molecule has 0 spiro atoms. The number of ether oxygens (including phenoxy) is 2. The molecule has 1 aliphatic rings. The van der Waals surface area contributed by atoms with Crippen LogP contribution in [-0.2, 0) is 0 Å². The summed E-state index contributed by atoms with van der Waals surface area (Å²) in [5.74, 6) is 1.54. The van der Waals surface area contributed by atoms with Crippen molar-refractivity contribution in [3.05, 3.63) is 44.6 Å².